The summed E-state index contributed by atoms with van der Waals surface area (Å²) in [6.45, 7) is 19.1. The van der Waals surface area contributed by atoms with Crippen molar-refractivity contribution in [1.29, 1.82) is 0 Å². The highest BCUT2D eigenvalue weighted by atomic mass is 14.6. The molecule has 4 rings (SSSR count). The van der Waals surface area contributed by atoms with E-state index < -0.39 is 0 Å². The summed E-state index contributed by atoms with van der Waals surface area (Å²) >= 11 is 0. The third-order valence-electron chi connectivity index (χ3n) is 11.1. The molecule has 0 nitrogen and oxygen atoms in total. The Morgan fingerprint density at radius 3 is 2.38 bits per heavy atom. The van der Waals surface area contributed by atoms with Gasteiger partial charge in [0.2, 0.25) is 0 Å². The van der Waals surface area contributed by atoms with E-state index in [0.717, 1.165) is 41.4 Å². The van der Waals surface area contributed by atoms with Crippen molar-refractivity contribution < 1.29 is 0 Å². The topological polar surface area (TPSA) is 0 Å². The second kappa shape index (κ2) is 11.4. The van der Waals surface area contributed by atoms with Gasteiger partial charge >= 0.3 is 0 Å². The molecule has 0 radical (unpaired) electrons. The third-order valence-corrected chi connectivity index (χ3v) is 11.1. The molecule has 0 aromatic carbocycles. The van der Waals surface area contributed by atoms with E-state index >= 15 is 0 Å². The van der Waals surface area contributed by atoms with Crippen molar-refractivity contribution in [2.75, 3.05) is 0 Å². The summed E-state index contributed by atoms with van der Waals surface area (Å²) in [5.74, 6) is 6.77. The zero-order valence-corrected chi connectivity index (χ0v) is 22.6. The Balaban J connectivity index is 0.00000118. The first-order valence-corrected chi connectivity index (χ1v) is 14.5. The van der Waals surface area contributed by atoms with Crippen LogP contribution in [0.3, 0.4) is 0 Å². The molecule has 8 atom stereocenters. The van der Waals surface area contributed by atoms with Crippen LogP contribution in [0, 0.1) is 52.3 Å². The van der Waals surface area contributed by atoms with Crippen LogP contribution in [0.5, 0.6) is 0 Å². The molecule has 0 aromatic heterocycles. The minimum Gasteiger partial charge on any atom is -0.0845 e. The first-order chi connectivity index (χ1) is 14.8. The van der Waals surface area contributed by atoms with Gasteiger partial charge < -0.3 is 0 Å². The lowest BCUT2D eigenvalue weighted by molar-refractivity contribution is -0.0452. The van der Waals surface area contributed by atoms with Gasteiger partial charge in [0, 0.05) is 0 Å². The average molecular weight is 445 g/mol. The lowest BCUT2D eigenvalue weighted by atomic mass is 9.47. The first-order valence-electron chi connectivity index (χ1n) is 14.5. The Kier molecular flexibility index (Phi) is 10.0. The van der Waals surface area contributed by atoms with Crippen molar-refractivity contribution in [3.63, 3.8) is 0 Å². The van der Waals surface area contributed by atoms with Gasteiger partial charge in [0.25, 0.3) is 0 Å². The summed E-state index contributed by atoms with van der Waals surface area (Å²) in [5.41, 5.74) is 3.08. The zero-order chi connectivity index (χ0) is 22.8. The second-order valence-corrected chi connectivity index (χ2v) is 12.8. The minimum atomic E-state index is 0. The van der Waals surface area contributed by atoms with Crippen LogP contribution in [-0.2, 0) is 0 Å². The van der Waals surface area contributed by atoms with Crippen molar-refractivity contribution in [2.24, 2.45) is 52.3 Å². The molecule has 4 aliphatic carbocycles. The Morgan fingerprint density at radius 1 is 1.00 bits per heavy atom. The number of rotatable bonds is 6. The molecule has 0 amide bonds. The molecule has 3 saturated carbocycles. The normalized spacial score (nSPS) is 41.3. The molecule has 0 aromatic rings. The Morgan fingerprint density at radius 2 is 1.72 bits per heavy atom. The number of allylic oxidation sites excluding steroid dienone is 2. The van der Waals surface area contributed by atoms with E-state index in [1.807, 2.05) is 19.4 Å². The molecule has 0 spiro atoms. The van der Waals surface area contributed by atoms with Crippen molar-refractivity contribution in [3.05, 3.63) is 11.6 Å². The predicted octanol–water partition coefficient (Wildman–Crippen LogP) is 10.7. The van der Waals surface area contributed by atoms with E-state index in [1.165, 1.54) is 70.6 Å². The van der Waals surface area contributed by atoms with Gasteiger partial charge in [-0.05, 0) is 110 Å². The molecular formula is C32H60. The Labute approximate surface area is 203 Å². The van der Waals surface area contributed by atoms with E-state index in [2.05, 4.69) is 47.6 Å². The van der Waals surface area contributed by atoms with Gasteiger partial charge in [-0.25, -0.2) is 0 Å². The molecule has 0 N–H and O–H groups in total. The van der Waals surface area contributed by atoms with E-state index in [0.29, 0.717) is 10.8 Å². The van der Waals surface area contributed by atoms with E-state index in [-0.39, 0.29) is 7.43 Å². The molecule has 32 heavy (non-hydrogen) atoms. The molecule has 0 saturated heterocycles. The summed E-state index contributed by atoms with van der Waals surface area (Å²) in [6, 6.07) is 0. The van der Waals surface area contributed by atoms with Crippen LogP contribution in [0.15, 0.2) is 11.6 Å². The minimum absolute atomic E-state index is 0. The lowest BCUT2D eigenvalue weighted by Crippen LogP contribution is -2.49. The summed E-state index contributed by atoms with van der Waals surface area (Å²) in [4.78, 5) is 0. The van der Waals surface area contributed by atoms with Crippen LogP contribution in [-0.4, -0.2) is 0 Å². The molecule has 0 heterocycles. The van der Waals surface area contributed by atoms with Crippen LogP contribution in [0.1, 0.15) is 140 Å². The van der Waals surface area contributed by atoms with Gasteiger partial charge in [0.05, 0.1) is 0 Å². The van der Waals surface area contributed by atoms with Crippen LogP contribution in [0.2, 0.25) is 0 Å². The molecule has 0 aliphatic heterocycles. The maximum Gasteiger partial charge on any atom is -0.00851 e. The molecule has 0 bridgehead atoms. The summed E-state index contributed by atoms with van der Waals surface area (Å²) in [6.07, 6.45) is 20.5. The maximum absolute atomic E-state index is 2.75. The highest BCUT2D eigenvalue weighted by Crippen LogP contribution is 2.67. The smallest absolute Gasteiger partial charge is 0.00851 e. The molecule has 0 heteroatoms. The summed E-state index contributed by atoms with van der Waals surface area (Å²) < 4.78 is 0. The Hall–Kier alpha value is -0.260. The van der Waals surface area contributed by atoms with Crippen LogP contribution in [0.4, 0.5) is 0 Å². The van der Waals surface area contributed by atoms with Gasteiger partial charge in [-0.1, -0.05) is 93.7 Å². The van der Waals surface area contributed by atoms with Gasteiger partial charge in [-0.3, -0.25) is 0 Å². The van der Waals surface area contributed by atoms with Crippen molar-refractivity contribution >= 4 is 0 Å². The van der Waals surface area contributed by atoms with Gasteiger partial charge in [0.1, 0.15) is 0 Å². The SMILES string of the molecule is C.CC.CCC(CCCC1CCC2C3CC=C4CC(C)CCC4(C)C3CCC12C)C(C)C. The van der Waals surface area contributed by atoms with Gasteiger partial charge in [-0.2, -0.15) is 0 Å². The van der Waals surface area contributed by atoms with Crippen molar-refractivity contribution in [1.82, 2.24) is 0 Å². The van der Waals surface area contributed by atoms with Crippen molar-refractivity contribution in [3.8, 4) is 0 Å². The maximum atomic E-state index is 2.75. The quantitative estimate of drug-likeness (QED) is 0.357. The molecule has 8 unspecified atom stereocenters. The molecule has 3 fully saturated rings. The van der Waals surface area contributed by atoms with Crippen LogP contribution < -0.4 is 0 Å². The predicted molar refractivity (Wildman–Crippen MR) is 145 cm³/mol. The summed E-state index contributed by atoms with van der Waals surface area (Å²) in [7, 11) is 0. The van der Waals surface area contributed by atoms with Crippen LogP contribution in [0.25, 0.3) is 0 Å². The van der Waals surface area contributed by atoms with Gasteiger partial charge in [-0.15, -0.1) is 0 Å². The van der Waals surface area contributed by atoms with Crippen molar-refractivity contribution in [2.45, 2.75) is 140 Å². The number of hydrogen-bond acceptors (Lipinski definition) is 0. The number of fused-ring (bicyclic) bond motifs is 5. The first kappa shape index (κ1) is 28.0. The molecule has 188 valence electrons. The average Bonchev–Trinajstić information content (AvgIpc) is 3.09. The highest BCUT2D eigenvalue weighted by molar-refractivity contribution is 5.24. The van der Waals surface area contributed by atoms with Gasteiger partial charge in [0.15, 0.2) is 0 Å². The fourth-order valence-electron chi connectivity index (χ4n) is 9.06. The summed E-state index contributed by atoms with van der Waals surface area (Å²) in [5, 5.41) is 0. The molecular weight excluding hydrogens is 384 g/mol. The Bertz CT molecular complexity index is 599. The van der Waals surface area contributed by atoms with E-state index in [1.54, 1.807) is 6.42 Å². The lowest BCUT2D eigenvalue weighted by Gasteiger charge is -2.58. The zero-order valence-electron chi connectivity index (χ0n) is 22.6. The number of hydrogen-bond donors (Lipinski definition) is 0. The second-order valence-electron chi connectivity index (χ2n) is 12.8. The van der Waals surface area contributed by atoms with Crippen LogP contribution >= 0.6 is 0 Å². The third kappa shape index (κ3) is 5.05. The van der Waals surface area contributed by atoms with E-state index in [9.17, 15) is 0 Å². The standard InChI is InChI=1S/C29H50.C2H6.CH4/c1-7-22(20(2)3)9-8-10-23-12-14-26-25-13-11-24-19-21(4)15-17-29(24,6)27(25)16-18-28(23,26)5;1-2;/h11,20-23,25-27H,7-10,12-19H2,1-6H3;1-2H3;1H4. The fourth-order valence-corrected chi connectivity index (χ4v) is 9.06. The largest absolute Gasteiger partial charge is 0.0845 e. The monoisotopic (exact) mass is 444 g/mol. The highest BCUT2D eigenvalue weighted by Gasteiger charge is 2.58. The fraction of sp³-hybridized carbons (Fsp3) is 0.938. The molecule has 4 aliphatic rings. The van der Waals surface area contributed by atoms with E-state index in [4.69, 9.17) is 0 Å².